The number of rotatable bonds is 5. The molecule has 0 bridgehead atoms. The fourth-order valence-electron chi connectivity index (χ4n) is 1.58. The molecule has 2 aromatic heterocycles. The Morgan fingerprint density at radius 2 is 2.00 bits per heavy atom. The van der Waals surface area contributed by atoms with Gasteiger partial charge in [-0.3, -0.25) is 4.98 Å². The number of methoxy groups -OCH3 is 1. The lowest BCUT2D eigenvalue weighted by atomic mass is 10.2. The van der Waals surface area contributed by atoms with Gasteiger partial charge in [-0.05, 0) is 13.0 Å². The smallest absolute Gasteiger partial charge is 0.230 e. The zero-order valence-corrected chi connectivity index (χ0v) is 12.1. The van der Waals surface area contributed by atoms with Crippen molar-refractivity contribution in [1.82, 2.24) is 19.9 Å². The molecule has 0 aliphatic heterocycles. The van der Waals surface area contributed by atoms with Crippen LogP contribution in [0.2, 0.25) is 0 Å². The highest BCUT2D eigenvalue weighted by atomic mass is 16.5. The molecule has 1 N–H and O–H groups in total. The third-order valence-electron chi connectivity index (χ3n) is 2.57. The third kappa shape index (κ3) is 3.11. The van der Waals surface area contributed by atoms with Crippen LogP contribution in [-0.4, -0.2) is 47.7 Å². The van der Waals surface area contributed by atoms with E-state index in [1.165, 1.54) is 0 Å². The molecule has 2 aromatic rings. The number of aromatic nitrogens is 4. The van der Waals surface area contributed by atoms with Crippen LogP contribution < -0.4 is 15.0 Å². The standard InChI is InChI=1S/C13H18N6O/c1-5-15-12-16-11(17-13(18-12)19(2)3)9-6-10(20-4)8-14-7-9/h6-8H,5H2,1-4H3,(H,15,16,17,18). The predicted molar refractivity (Wildman–Crippen MR) is 78.1 cm³/mol. The molecule has 0 atom stereocenters. The van der Waals surface area contributed by atoms with E-state index in [1.807, 2.05) is 32.0 Å². The Hall–Kier alpha value is -2.44. The summed E-state index contributed by atoms with van der Waals surface area (Å²) in [6, 6.07) is 1.84. The van der Waals surface area contributed by atoms with E-state index in [9.17, 15) is 0 Å². The van der Waals surface area contributed by atoms with Crippen molar-refractivity contribution in [2.75, 3.05) is 38.0 Å². The summed E-state index contributed by atoms with van der Waals surface area (Å²) in [6.07, 6.45) is 3.34. The first-order valence-electron chi connectivity index (χ1n) is 6.30. The van der Waals surface area contributed by atoms with Crippen molar-refractivity contribution < 1.29 is 4.74 Å². The Morgan fingerprint density at radius 1 is 1.20 bits per heavy atom. The molecule has 0 aliphatic carbocycles. The van der Waals surface area contributed by atoms with Gasteiger partial charge in [0.05, 0.1) is 13.3 Å². The van der Waals surface area contributed by atoms with Crippen LogP contribution in [0.3, 0.4) is 0 Å². The molecule has 106 valence electrons. The molecule has 0 unspecified atom stereocenters. The number of pyridine rings is 1. The van der Waals surface area contributed by atoms with E-state index in [-0.39, 0.29) is 0 Å². The molecule has 7 nitrogen and oxygen atoms in total. The number of anilines is 2. The quantitative estimate of drug-likeness (QED) is 0.884. The van der Waals surface area contributed by atoms with Crippen molar-refractivity contribution in [2.45, 2.75) is 6.92 Å². The van der Waals surface area contributed by atoms with Crippen LogP contribution in [0.15, 0.2) is 18.5 Å². The van der Waals surface area contributed by atoms with Gasteiger partial charge in [0, 0.05) is 32.4 Å². The van der Waals surface area contributed by atoms with Gasteiger partial charge in [0.15, 0.2) is 5.82 Å². The molecule has 7 heteroatoms. The highest BCUT2D eigenvalue weighted by molar-refractivity contribution is 5.58. The van der Waals surface area contributed by atoms with E-state index in [1.54, 1.807) is 19.5 Å². The number of hydrogen-bond acceptors (Lipinski definition) is 7. The average molecular weight is 274 g/mol. The largest absolute Gasteiger partial charge is 0.495 e. The molecular formula is C13H18N6O. The first-order valence-corrected chi connectivity index (χ1v) is 6.30. The Labute approximate surface area is 118 Å². The van der Waals surface area contributed by atoms with Crippen molar-refractivity contribution >= 4 is 11.9 Å². The Bertz CT molecular complexity index is 587. The Balaban J connectivity index is 2.48. The van der Waals surface area contributed by atoms with Gasteiger partial charge in [0.1, 0.15) is 5.75 Å². The number of ether oxygens (including phenoxy) is 1. The van der Waals surface area contributed by atoms with Gasteiger partial charge in [-0.25, -0.2) is 0 Å². The summed E-state index contributed by atoms with van der Waals surface area (Å²) in [5, 5.41) is 3.10. The predicted octanol–water partition coefficient (Wildman–Crippen LogP) is 1.44. The SMILES string of the molecule is CCNc1nc(-c2cncc(OC)c2)nc(N(C)C)n1. The lowest BCUT2D eigenvalue weighted by Gasteiger charge is -2.13. The summed E-state index contributed by atoms with van der Waals surface area (Å²) in [7, 11) is 5.38. The molecule has 20 heavy (non-hydrogen) atoms. The second kappa shape index (κ2) is 6.14. The van der Waals surface area contributed by atoms with Crippen LogP contribution in [0.5, 0.6) is 5.75 Å². The van der Waals surface area contributed by atoms with Gasteiger partial charge in [-0.2, -0.15) is 15.0 Å². The van der Waals surface area contributed by atoms with Crippen LogP contribution in [0.1, 0.15) is 6.92 Å². The van der Waals surface area contributed by atoms with E-state index in [4.69, 9.17) is 4.74 Å². The van der Waals surface area contributed by atoms with Crippen molar-refractivity contribution in [1.29, 1.82) is 0 Å². The molecule has 0 spiro atoms. The summed E-state index contributed by atoms with van der Waals surface area (Å²) in [5.41, 5.74) is 0.786. The van der Waals surface area contributed by atoms with Gasteiger partial charge in [-0.1, -0.05) is 0 Å². The Morgan fingerprint density at radius 3 is 2.65 bits per heavy atom. The lowest BCUT2D eigenvalue weighted by molar-refractivity contribution is 0.413. The summed E-state index contributed by atoms with van der Waals surface area (Å²) in [5.74, 6) is 2.36. The van der Waals surface area contributed by atoms with Crippen LogP contribution in [0.4, 0.5) is 11.9 Å². The molecule has 0 saturated carbocycles. The molecule has 0 aliphatic rings. The van der Waals surface area contributed by atoms with Gasteiger partial charge in [-0.15, -0.1) is 0 Å². The van der Waals surface area contributed by atoms with Gasteiger partial charge in [0.25, 0.3) is 0 Å². The first-order chi connectivity index (χ1) is 9.63. The van der Waals surface area contributed by atoms with Crippen LogP contribution in [0, 0.1) is 0 Å². The van der Waals surface area contributed by atoms with E-state index < -0.39 is 0 Å². The summed E-state index contributed by atoms with van der Waals surface area (Å²) in [4.78, 5) is 19.1. The minimum absolute atomic E-state index is 0.545. The maximum absolute atomic E-state index is 5.17. The van der Waals surface area contributed by atoms with Crippen LogP contribution >= 0.6 is 0 Å². The molecular weight excluding hydrogens is 256 g/mol. The summed E-state index contributed by atoms with van der Waals surface area (Å²) < 4.78 is 5.17. The number of nitrogens with one attached hydrogen (secondary N) is 1. The lowest BCUT2D eigenvalue weighted by Crippen LogP contribution is -2.15. The van der Waals surface area contributed by atoms with Gasteiger partial charge < -0.3 is 15.0 Å². The third-order valence-corrected chi connectivity index (χ3v) is 2.57. The molecule has 0 radical (unpaired) electrons. The van der Waals surface area contributed by atoms with E-state index >= 15 is 0 Å². The molecule has 2 rings (SSSR count). The zero-order chi connectivity index (χ0) is 14.5. The monoisotopic (exact) mass is 274 g/mol. The minimum Gasteiger partial charge on any atom is -0.495 e. The van der Waals surface area contributed by atoms with Crippen LogP contribution in [-0.2, 0) is 0 Å². The Kier molecular flexibility index (Phi) is 4.29. The fourth-order valence-corrected chi connectivity index (χ4v) is 1.58. The van der Waals surface area contributed by atoms with E-state index in [0.717, 1.165) is 12.1 Å². The van der Waals surface area contributed by atoms with Crippen molar-refractivity contribution in [3.63, 3.8) is 0 Å². The van der Waals surface area contributed by atoms with E-state index in [2.05, 4.69) is 25.3 Å². The van der Waals surface area contributed by atoms with Gasteiger partial charge >= 0.3 is 0 Å². The fraction of sp³-hybridized carbons (Fsp3) is 0.385. The molecule has 2 heterocycles. The zero-order valence-electron chi connectivity index (χ0n) is 12.1. The molecule has 0 aromatic carbocycles. The van der Waals surface area contributed by atoms with Crippen LogP contribution in [0.25, 0.3) is 11.4 Å². The maximum Gasteiger partial charge on any atom is 0.230 e. The molecule has 0 saturated heterocycles. The first kappa shape index (κ1) is 14.0. The number of nitrogens with zero attached hydrogens (tertiary/aromatic N) is 5. The van der Waals surface area contributed by atoms with E-state index in [0.29, 0.717) is 23.5 Å². The highest BCUT2D eigenvalue weighted by Gasteiger charge is 2.10. The highest BCUT2D eigenvalue weighted by Crippen LogP contribution is 2.21. The van der Waals surface area contributed by atoms with Crippen molar-refractivity contribution in [3.8, 4) is 17.1 Å². The average Bonchev–Trinajstić information content (AvgIpc) is 2.47. The number of hydrogen-bond donors (Lipinski definition) is 1. The van der Waals surface area contributed by atoms with Crippen molar-refractivity contribution in [3.05, 3.63) is 18.5 Å². The summed E-state index contributed by atoms with van der Waals surface area (Å²) >= 11 is 0. The normalized spacial score (nSPS) is 10.2. The maximum atomic E-state index is 5.17. The second-order valence-electron chi connectivity index (χ2n) is 4.32. The summed E-state index contributed by atoms with van der Waals surface area (Å²) in [6.45, 7) is 2.73. The molecule has 0 amide bonds. The second-order valence-corrected chi connectivity index (χ2v) is 4.32. The van der Waals surface area contributed by atoms with Crippen molar-refractivity contribution in [2.24, 2.45) is 0 Å². The minimum atomic E-state index is 0.545. The van der Waals surface area contributed by atoms with Gasteiger partial charge in [0.2, 0.25) is 11.9 Å². The molecule has 0 fully saturated rings. The topological polar surface area (TPSA) is 76.1 Å².